The lowest BCUT2D eigenvalue weighted by atomic mass is 10.1. The van der Waals surface area contributed by atoms with Crippen LogP contribution in [0.3, 0.4) is 0 Å². The molecule has 1 aliphatic carbocycles. The van der Waals surface area contributed by atoms with Crippen molar-refractivity contribution < 1.29 is 0 Å². The molecule has 114 valence electrons. The molecular formula is C17H30N2S. The van der Waals surface area contributed by atoms with E-state index in [2.05, 4.69) is 54.7 Å². The molecule has 0 aliphatic heterocycles. The summed E-state index contributed by atoms with van der Waals surface area (Å²) in [7, 11) is 0. The first-order valence-electron chi connectivity index (χ1n) is 7.97. The van der Waals surface area contributed by atoms with Crippen molar-refractivity contribution in [1.29, 1.82) is 0 Å². The first-order valence-corrected chi connectivity index (χ1v) is 8.92. The molecule has 2 nitrogen and oxygen atoms in total. The molecule has 0 saturated heterocycles. The van der Waals surface area contributed by atoms with Gasteiger partial charge in [0.25, 0.3) is 0 Å². The summed E-state index contributed by atoms with van der Waals surface area (Å²) in [5, 5.41) is 8.08. The second-order valence-corrected chi connectivity index (χ2v) is 7.98. The Morgan fingerprint density at radius 3 is 2.70 bits per heavy atom. The average Bonchev–Trinajstić information content (AvgIpc) is 3.07. The molecule has 1 heterocycles. The topological polar surface area (TPSA) is 15.3 Å². The van der Waals surface area contributed by atoms with Crippen molar-refractivity contribution >= 4 is 11.3 Å². The lowest BCUT2D eigenvalue weighted by Crippen LogP contribution is -2.38. The van der Waals surface area contributed by atoms with E-state index in [-0.39, 0.29) is 5.54 Å². The van der Waals surface area contributed by atoms with E-state index in [1.165, 1.54) is 31.2 Å². The van der Waals surface area contributed by atoms with Gasteiger partial charge in [-0.2, -0.15) is 11.3 Å². The van der Waals surface area contributed by atoms with E-state index >= 15 is 0 Å². The third-order valence-corrected chi connectivity index (χ3v) is 4.71. The van der Waals surface area contributed by atoms with Gasteiger partial charge >= 0.3 is 0 Å². The zero-order chi connectivity index (χ0) is 14.6. The molecule has 0 spiro atoms. The monoisotopic (exact) mass is 294 g/mol. The summed E-state index contributed by atoms with van der Waals surface area (Å²) in [6, 6.07) is 3.82. The predicted molar refractivity (Wildman–Crippen MR) is 89.3 cm³/mol. The minimum atomic E-state index is 0.246. The number of hydrogen-bond acceptors (Lipinski definition) is 3. The standard InChI is InChI=1S/C17H30N2S/c1-14(6-5-10-18-17(2,3)4)19(16-7-8-16)12-15-9-11-20-13-15/h9,11,13-14,16,18H,5-8,10,12H2,1-4H3. The summed E-state index contributed by atoms with van der Waals surface area (Å²) >= 11 is 1.81. The van der Waals surface area contributed by atoms with Crippen molar-refractivity contribution in [3.8, 4) is 0 Å². The van der Waals surface area contributed by atoms with Gasteiger partial charge in [0.1, 0.15) is 0 Å². The maximum Gasteiger partial charge on any atom is 0.0247 e. The summed E-state index contributed by atoms with van der Waals surface area (Å²) < 4.78 is 0. The predicted octanol–water partition coefficient (Wildman–Crippen LogP) is 4.27. The van der Waals surface area contributed by atoms with Gasteiger partial charge in [-0.3, -0.25) is 4.90 Å². The van der Waals surface area contributed by atoms with E-state index in [0.717, 1.165) is 19.1 Å². The minimum Gasteiger partial charge on any atom is -0.312 e. The van der Waals surface area contributed by atoms with Crippen molar-refractivity contribution in [2.45, 2.75) is 77.5 Å². The number of nitrogens with one attached hydrogen (secondary N) is 1. The molecule has 1 aromatic heterocycles. The summed E-state index contributed by atoms with van der Waals surface area (Å²) in [5.41, 5.74) is 1.73. The maximum atomic E-state index is 3.59. The minimum absolute atomic E-state index is 0.246. The van der Waals surface area contributed by atoms with E-state index in [1.807, 2.05) is 11.3 Å². The van der Waals surface area contributed by atoms with Crippen LogP contribution < -0.4 is 5.32 Å². The number of hydrogen-bond donors (Lipinski definition) is 1. The van der Waals surface area contributed by atoms with E-state index in [1.54, 1.807) is 0 Å². The largest absolute Gasteiger partial charge is 0.312 e. The summed E-state index contributed by atoms with van der Waals surface area (Å²) in [4.78, 5) is 2.72. The molecule has 0 bridgehead atoms. The first kappa shape index (κ1) is 16.0. The highest BCUT2D eigenvalue weighted by atomic mass is 32.1. The van der Waals surface area contributed by atoms with Crippen LogP contribution in [0.1, 0.15) is 58.9 Å². The van der Waals surface area contributed by atoms with Crippen LogP contribution in [0, 0.1) is 0 Å². The Bertz CT molecular complexity index is 376. The molecule has 3 heteroatoms. The molecular weight excluding hydrogens is 264 g/mol. The quantitative estimate of drug-likeness (QED) is 0.720. The molecule has 1 aromatic rings. The average molecular weight is 295 g/mol. The van der Waals surface area contributed by atoms with Gasteiger partial charge in [0.05, 0.1) is 0 Å². The molecule has 1 atom stereocenters. The van der Waals surface area contributed by atoms with Gasteiger partial charge in [0.15, 0.2) is 0 Å². The fraction of sp³-hybridized carbons (Fsp3) is 0.765. The number of nitrogens with zero attached hydrogens (tertiary/aromatic N) is 1. The lowest BCUT2D eigenvalue weighted by molar-refractivity contribution is 0.177. The van der Waals surface area contributed by atoms with Crippen LogP contribution in [-0.4, -0.2) is 29.1 Å². The van der Waals surface area contributed by atoms with Crippen LogP contribution in [0.5, 0.6) is 0 Å². The SMILES string of the molecule is CC(CCCNC(C)(C)C)N(Cc1ccsc1)C1CC1. The number of rotatable bonds is 8. The summed E-state index contributed by atoms with van der Waals surface area (Å²) in [6.07, 6.45) is 5.36. The Labute approximate surface area is 128 Å². The van der Waals surface area contributed by atoms with Gasteiger partial charge in [-0.05, 0) is 82.3 Å². The molecule has 0 aromatic carbocycles. The Hall–Kier alpha value is -0.380. The van der Waals surface area contributed by atoms with Gasteiger partial charge in [0.2, 0.25) is 0 Å². The van der Waals surface area contributed by atoms with Crippen LogP contribution in [-0.2, 0) is 6.54 Å². The highest BCUT2D eigenvalue weighted by Gasteiger charge is 2.31. The Morgan fingerprint density at radius 1 is 1.40 bits per heavy atom. The van der Waals surface area contributed by atoms with Crippen LogP contribution in [0.15, 0.2) is 16.8 Å². The van der Waals surface area contributed by atoms with Gasteiger partial charge in [-0.1, -0.05) is 0 Å². The highest BCUT2D eigenvalue weighted by molar-refractivity contribution is 7.07. The van der Waals surface area contributed by atoms with Crippen LogP contribution >= 0.6 is 11.3 Å². The molecule has 20 heavy (non-hydrogen) atoms. The van der Waals surface area contributed by atoms with E-state index in [4.69, 9.17) is 0 Å². The highest BCUT2D eigenvalue weighted by Crippen LogP contribution is 2.31. The van der Waals surface area contributed by atoms with Gasteiger partial charge < -0.3 is 5.32 Å². The van der Waals surface area contributed by atoms with Crippen molar-refractivity contribution in [2.24, 2.45) is 0 Å². The second-order valence-electron chi connectivity index (χ2n) is 7.20. The van der Waals surface area contributed by atoms with Gasteiger partial charge in [-0.15, -0.1) is 0 Å². The first-order chi connectivity index (χ1) is 9.46. The van der Waals surface area contributed by atoms with Gasteiger partial charge in [-0.25, -0.2) is 0 Å². The molecule has 1 saturated carbocycles. The lowest BCUT2D eigenvalue weighted by Gasteiger charge is -2.29. The zero-order valence-corrected chi connectivity index (χ0v) is 14.3. The number of thiophene rings is 1. The second kappa shape index (κ2) is 7.06. The van der Waals surface area contributed by atoms with Crippen molar-refractivity contribution in [2.75, 3.05) is 6.54 Å². The molecule has 0 radical (unpaired) electrons. The van der Waals surface area contributed by atoms with Crippen molar-refractivity contribution in [3.05, 3.63) is 22.4 Å². The van der Waals surface area contributed by atoms with Crippen molar-refractivity contribution in [3.63, 3.8) is 0 Å². The van der Waals surface area contributed by atoms with E-state index < -0.39 is 0 Å². The third kappa shape index (κ3) is 5.55. The molecule has 1 unspecified atom stereocenters. The van der Waals surface area contributed by atoms with Crippen molar-refractivity contribution in [1.82, 2.24) is 10.2 Å². The zero-order valence-electron chi connectivity index (χ0n) is 13.5. The fourth-order valence-corrected chi connectivity index (χ4v) is 3.33. The third-order valence-electron chi connectivity index (χ3n) is 3.98. The Morgan fingerprint density at radius 2 is 2.15 bits per heavy atom. The Kier molecular flexibility index (Phi) is 5.65. The molecule has 1 N–H and O–H groups in total. The summed E-state index contributed by atoms with van der Waals surface area (Å²) in [5.74, 6) is 0. The fourth-order valence-electron chi connectivity index (χ4n) is 2.67. The van der Waals surface area contributed by atoms with E-state index in [0.29, 0.717) is 6.04 Å². The van der Waals surface area contributed by atoms with E-state index in [9.17, 15) is 0 Å². The smallest absolute Gasteiger partial charge is 0.0247 e. The molecule has 1 fully saturated rings. The van der Waals surface area contributed by atoms with Gasteiger partial charge in [0, 0.05) is 24.2 Å². The Balaban J connectivity index is 1.74. The normalized spacial score (nSPS) is 17.6. The molecule has 2 rings (SSSR count). The maximum absolute atomic E-state index is 3.59. The van der Waals surface area contributed by atoms with Crippen LogP contribution in [0.25, 0.3) is 0 Å². The molecule has 0 amide bonds. The van der Waals surface area contributed by atoms with Crippen LogP contribution in [0.4, 0.5) is 0 Å². The molecule has 1 aliphatic rings. The summed E-state index contributed by atoms with van der Waals surface area (Å²) in [6.45, 7) is 11.4. The van der Waals surface area contributed by atoms with Crippen LogP contribution in [0.2, 0.25) is 0 Å².